The lowest BCUT2D eigenvalue weighted by atomic mass is 10.1. The van der Waals surface area contributed by atoms with Gasteiger partial charge in [-0.25, -0.2) is 4.98 Å². The summed E-state index contributed by atoms with van der Waals surface area (Å²) in [5.74, 6) is 0. The van der Waals surface area contributed by atoms with Crippen LogP contribution in [0.25, 0.3) is 0 Å². The fourth-order valence-electron chi connectivity index (χ4n) is 2.37. The number of nitrogens with zero attached hydrogens (tertiary/aromatic N) is 2. The summed E-state index contributed by atoms with van der Waals surface area (Å²) in [5, 5.41) is 0.488. The number of anilines is 3. The van der Waals surface area contributed by atoms with E-state index in [4.69, 9.17) is 11.6 Å². The van der Waals surface area contributed by atoms with Crippen LogP contribution in [0.15, 0.2) is 66.9 Å². The zero-order valence-corrected chi connectivity index (χ0v) is 13.4. The molecule has 2 nitrogen and oxygen atoms in total. The third-order valence-electron chi connectivity index (χ3n) is 3.55. The van der Waals surface area contributed by atoms with Crippen molar-refractivity contribution in [1.29, 1.82) is 0 Å². The van der Waals surface area contributed by atoms with Crippen molar-refractivity contribution in [2.75, 3.05) is 4.90 Å². The van der Waals surface area contributed by atoms with Gasteiger partial charge in [0.2, 0.25) is 0 Å². The lowest BCUT2D eigenvalue weighted by Crippen LogP contribution is -2.10. The summed E-state index contributed by atoms with van der Waals surface area (Å²) >= 11 is 6.08. The number of halogens is 1. The molecule has 0 atom stereocenters. The van der Waals surface area contributed by atoms with Crippen molar-refractivity contribution in [3.05, 3.63) is 83.1 Å². The summed E-state index contributed by atoms with van der Waals surface area (Å²) in [6, 6.07) is 20.7. The van der Waals surface area contributed by atoms with E-state index in [2.05, 4.69) is 72.3 Å². The van der Waals surface area contributed by atoms with Crippen LogP contribution in [-0.4, -0.2) is 4.98 Å². The molecule has 0 saturated heterocycles. The van der Waals surface area contributed by atoms with Gasteiger partial charge < -0.3 is 4.90 Å². The molecule has 0 spiro atoms. The molecule has 1 heterocycles. The van der Waals surface area contributed by atoms with E-state index in [-0.39, 0.29) is 0 Å². The Morgan fingerprint density at radius 2 is 1.23 bits per heavy atom. The first-order valence-electron chi connectivity index (χ1n) is 7.18. The summed E-state index contributed by atoms with van der Waals surface area (Å²) in [7, 11) is 0. The van der Waals surface area contributed by atoms with E-state index in [0.717, 1.165) is 17.1 Å². The van der Waals surface area contributed by atoms with Crippen LogP contribution in [0.1, 0.15) is 11.1 Å². The van der Waals surface area contributed by atoms with Crippen LogP contribution in [-0.2, 0) is 0 Å². The van der Waals surface area contributed by atoms with Gasteiger partial charge in [0.05, 0.1) is 5.69 Å². The van der Waals surface area contributed by atoms with Gasteiger partial charge in [0.15, 0.2) is 0 Å². The number of hydrogen-bond acceptors (Lipinski definition) is 2. The Bertz CT molecular complexity index is 719. The van der Waals surface area contributed by atoms with Crippen molar-refractivity contribution in [3.63, 3.8) is 0 Å². The highest BCUT2D eigenvalue weighted by Crippen LogP contribution is 2.35. The predicted molar refractivity (Wildman–Crippen MR) is 93.4 cm³/mol. The number of hydrogen-bond donors (Lipinski definition) is 0. The van der Waals surface area contributed by atoms with Crippen molar-refractivity contribution in [2.24, 2.45) is 0 Å². The van der Waals surface area contributed by atoms with E-state index >= 15 is 0 Å². The van der Waals surface area contributed by atoms with E-state index in [9.17, 15) is 0 Å². The fourth-order valence-corrected chi connectivity index (χ4v) is 2.53. The average Bonchev–Trinajstić information content (AvgIpc) is 2.51. The van der Waals surface area contributed by atoms with Gasteiger partial charge in [0, 0.05) is 17.6 Å². The number of aromatic nitrogens is 1. The predicted octanol–water partition coefficient (Wildman–Crippen LogP) is 5.82. The van der Waals surface area contributed by atoms with Crippen molar-refractivity contribution in [2.45, 2.75) is 13.8 Å². The molecule has 0 fully saturated rings. The molecule has 2 aromatic carbocycles. The quantitative estimate of drug-likeness (QED) is 0.567. The molecule has 0 bridgehead atoms. The molecular weight excluding hydrogens is 292 g/mol. The molecule has 0 aliphatic heterocycles. The van der Waals surface area contributed by atoms with E-state index < -0.39 is 0 Å². The van der Waals surface area contributed by atoms with Gasteiger partial charge >= 0.3 is 0 Å². The number of rotatable bonds is 3. The standard InChI is InChI=1S/C19H17ClN2/c1-14-3-7-16(8-4-14)22(17-9-5-15(2)6-10-17)18-11-12-21-19(20)13-18/h3-13H,1-2H3. The summed E-state index contributed by atoms with van der Waals surface area (Å²) in [6.07, 6.45) is 1.73. The SMILES string of the molecule is Cc1ccc(N(c2ccc(C)cc2)c2ccnc(Cl)c2)cc1. The number of aryl methyl sites for hydroxylation is 2. The summed E-state index contributed by atoms with van der Waals surface area (Å²) < 4.78 is 0. The highest BCUT2D eigenvalue weighted by atomic mass is 35.5. The zero-order chi connectivity index (χ0) is 15.5. The summed E-state index contributed by atoms with van der Waals surface area (Å²) in [6.45, 7) is 4.17. The third kappa shape index (κ3) is 3.12. The largest absolute Gasteiger partial charge is 0.310 e. The van der Waals surface area contributed by atoms with E-state index in [1.54, 1.807) is 6.20 Å². The topological polar surface area (TPSA) is 16.1 Å². The Morgan fingerprint density at radius 1 is 0.727 bits per heavy atom. The molecule has 0 amide bonds. The van der Waals surface area contributed by atoms with Crippen molar-refractivity contribution in [3.8, 4) is 0 Å². The Balaban J connectivity index is 2.13. The summed E-state index contributed by atoms with van der Waals surface area (Å²) in [5.41, 5.74) is 5.65. The first-order valence-corrected chi connectivity index (χ1v) is 7.56. The maximum Gasteiger partial charge on any atom is 0.131 e. The molecule has 22 heavy (non-hydrogen) atoms. The van der Waals surface area contributed by atoms with E-state index in [0.29, 0.717) is 5.15 Å². The molecular formula is C19H17ClN2. The monoisotopic (exact) mass is 308 g/mol. The van der Waals surface area contributed by atoms with Crippen molar-refractivity contribution in [1.82, 2.24) is 4.98 Å². The lowest BCUT2D eigenvalue weighted by Gasteiger charge is -2.25. The molecule has 0 saturated carbocycles. The third-order valence-corrected chi connectivity index (χ3v) is 3.76. The maximum absolute atomic E-state index is 6.08. The van der Waals surface area contributed by atoms with Crippen LogP contribution in [0.2, 0.25) is 5.15 Å². The van der Waals surface area contributed by atoms with Crippen molar-refractivity contribution >= 4 is 28.7 Å². The normalized spacial score (nSPS) is 10.5. The zero-order valence-electron chi connectivity index (χ0n) is 12.6. The van der Waals surface area contributed by atoms with Crippen LogP contribution in [0.4, 0.5) is 17.1 Å². The van der Waals surface area contributed by atoms with Crippen LogP contribution in [0.5, 0.6) is 0 Å². The van der Waals surface area contributed by atoms with Gasteiger partial charge in [-0.3, -0.25) is 0 Å². The molecule has 0 unspecified atom stereocenters. The molecule has 3 aromatic rings. The van der Waals surface area contributed by atoms with E-state index in [1.165, 1.54) is 11.1 Å². The maximum atomic E-state index is 6.08. The second-order valence-corrected chi connectivity index (χ2v) is 5.73. The van der Waals surface area contributed by atoms with Gasteiger partial charge in [-0.2, -0.15) is 0 Å². The Hall–Kier alpha value is -2.32. The number of benzene rings is 2. The molecule has 0 aliphatic rings. The molecule has 1 aromatic heterocycles. The highest BCUT2D eigenvalue weighted by Gasteiger charge is 2.12. The minimum atomic E-state index is 0.488. The molecule has 110 valence electrons. The Morgan fingerprint density at radius 3 is 1.68 bits per heavy atom. The van der Waals surface area contributed by atoms with Crippen LogP contribution in [0.3, 0.4) is 0 Å². The van der Waals surface area contributed by atoms with Crippen LogP contribution >= 0.6 is 11.6 Å². The molecule has 0 radical (unpaired) electrons. The molecule has 0 aliphatic carbocycles. The van der Waals surface area contributed by atoms with Gasteiger partial charge in [-0.15, -0.1) is 0 Å². The highest BCUT2D eigenvalue weighted by molar-refractivity contribution is 6.29. The van der Waals surface area contributed by atoms with Crippen LogP contribution < -0.4 is 4.90 Å². The molecule has 3 rings (SSSR count). The minimum absolute atomic E-state index is 0.488. The second-order valence-electron chi connectivity index (χ2n) is 5.34. The summed E-state index contributed by atoms with van der Waals surface area (Å²) in [4.78, 5) is 6.25. The lowest BCUT2D eigenvalue weighted by molar-refractivity contribution is 1.23. The molecule has 3 heteroatoms. The van der Waals surface area contributed by atoms with Gasteiger partial charge in [-0.1, -0.05) is 47.0 Å². The van der Waals surface area contributed by atoms with Gasteiger partial charge in [0.25, 0.3) is 0 Å². The Labute approximate surface area is 136 Å². The number of pyridine rings is 1. The minimum Gasteiger partial charge on any atom is -0.310 e. The smallest absolute Gasteiger partial charge is 0.131 e. The van der Waals surface area contributed by atoms with Gasteiger partial charge in [-0.05, 0) is 50.2 Å². The van der Waals surface area contributed by atoms with Crippen molar-refractivity contribution < 1.29 is 0 Å². The van der Waals surface area contributed by atoms with Crippen LogP contribution in [0, 0.1) is 13.8 Å². The first kappa shape index (κ1) is 14.6. The molecule has 0 N–H and O–H groups in total. The fraction of sp³-hybridized carbons (Fsp3) is 0.105. The average molecular weight is 309 g/mol. The van der Waals surface area contributed by atoms with E-state index in [1.807, 2.05) is 12.1 Å². The second kappa shape index (κ2) is 6.20. The van der Waals surface area contributed by atoms with Gasteiger partial charge in [0.1, 0.15) is 5.15 Å². The Kier molecular flexibility index (Phi) is 4.12. The first-order chi connectivity index (χ1) is 10.6.